The number of carbonyl (C=O) groups is 2. The van der Waals surface area contributed by atoms with Crippen LogP contribution in [0.25, 0.3) is 0 Å². The van der Waals surface area contributed by atoms with Crippen LogP contribution in [0, 0.1) is 5.92 Å². The Morgan fingerprint density at radius 1 is 1.10 bits per heavy atom. The van der Waals surface area contributed by atoms with Gasteiger partial charge < -0.3 is 19.1 Å². The first kappa shape index (κ1) is 23.4. The lowest BCUT2D eigenvalue weighted by Crippen LogP contribution is -2.41. The monoisotopic (exact) mass is 463 g/mol. The average molecular weight is 464 g/mol. The summed E-state index contributed by atoms with van der Waals surface area (Å²) in [6.45, 7) is 1.89. The van der Waals surface area contributed by atoms with Crippen molar-refractivity contribution in [2.24, 2.45) is 5.92 Å². The van der Waals surface area contributed by atoms with Crippen molar-refractivity contribution in [2.75, 3.05) is 26.9 Å². The van der Waals surface area contributed by atoms with E-state index in [2.05, 4.69) is 0 Å². The molecule has 2 aliphatic heterocycles. The SMILES string of the molecule is COC(=O)c1ccc2c(c1)OC[C@H](c1ccc(Cl)cc1)N(C(=O)C1CCOCC1)C2.S. The number of fused-ring (bicyclic) bond motifs is 1. The molecule has 2 aromatic rings. The third kappa shape index (κ3) is 5.17. The van der Waals surface area contributed by atoms with E-state index in [1.165, 1.54) is 7.11 Å². The molecule has 8 heteroatoms. The standard InChI is InChI=1S/C23H24ClNO5.H2S/c1-28-23(27)17-2-3-18-13-25(22(26)16-8-10-29-11-9-16)20(14-30-21(18)12-17)15-4-6-19(24)7-5-15;/h2-7,12,16,20H,8-11,13-14H2,1H3;1H2/t20-;/m1./s1. The second-order valence-electron chi connectivity index (χ2n) is 7.55. The summed E-state index contributed by atoms with van der Waals surface area (Å²) in [5, 5.41) is 0.640. The molecule has 0 aliphatic carbocycles. The van der Waals surface area contributed by atoms with Gasteiger partial charge in [0.05, 0.1) is 25.3 Å². The Morgan fingerprint density at radius 3 is 2.48 bits per heavy atom. The van der Waals surface area contributed by atoms with Gasteiger partial charge in [0.1, 0.15) is 12.4 Å². The second kappa shape index (κ2) is 10.4. The minimum atomic E-state index is -0.421. The predicted molar refractivity (Wildman–Crippen MR) is 122 cm³/mol. The first-order chi connectivity index (χ1) is 14.6. The quantitative estimate of drug-likeness (QED) is 0.640. The first-order valence-electron chi connectivity index (χ1n) is 10.0. The fraction of sp³-hybridized carbons (Fsp3) is 0.391. The van der Waals surface area contributed by atoms with E-state index in [4.69, 9.17) is 25.8 Å². The van der Waals surface area contributed by atoms with E-state index in [0.717, 1.165) is 24.0 Å². The Labute approximate surface area is 193 Å². The first-order valence-corrected chi connectivity index (χ1v) is 10.4. The van der Waals surface area contributed by atoms with Gasteiger partial charge in [0, 0.05) is 29.7 Å². The van der Waals surface area contributed by atoms with Gasteiger partial charge in [-0.3, -0.25) is 4.79 Å². The fourth-order valence-corrected chi connectivity index (χ4v) is 4.11. The Kier molecular flexibility index (Phi) is 7.86. The number of hydrogen-bond acceptors (Lipinski definition) is 5. The largest absolute Gasteiger partial charge is 0.491 e. The maximum absolute atomic E-state index is 13.5. The van der Waals surface area contributed by atoms with Crippen molar-refractivity contribution in [1.29, 1.82) is 0 Å². The van der Waals surface area contributed by atoms with Gasteiger partial charge in [-0.05, 0) is 42.7 Å². The number of benzene rings is 2. The van der Waals surface area contributed by atoms with Crippen LogP contribution in [-0.4, -0.2) is 43.7 Å². The van der Waals surface area contributed by atoms with Crippen LogP contribution in [0.5, 0.6) is 5.75 Å². The number of amides is 1. The third-order valence-electron chi connectivity index (χ3n) is 5.71. The number of carbonyl (C=O) groups excluding carboxylic acids is 2. The van der Waals surface area contributed by atoms with Crippen LogP contribution in [-0.2, 0) is 20.8 Å². The number of esters is 1. The smallest absolute Gasteiger partial charge is 0.337 e. The topological polar surface area (TPSA) is 65.1 Å². The fourth-order valence-electron chi connectivity index (χ4n) is 3.99. The van der Waals surface area contributed by atoms with E-state index in [-0.39, 0.29) is 38.0 Å². The lowest BCUT2D eigenvalue weighted by Gasteiger charge is -2.34. The maximum Gasteiger partial charge on any atom is 0.337 e. The van der Waals surface area contributed by atoms with Crippen LogP contribution in [0.15, 0.2) is 42.5 Å². The lowest BCUT2D eigenvalue weighted by molar-refractivity contribution is -0.142. The molecule has 0 aromatic heterocycles. The van der Waals surface area contributed by atoms with E-state index in [1.807, 2.05) is 35.2 Å². The van der Waals surface area contributed by atoms with Crippen LogP contribution < -0.4 is 4.74 Å². The van der Waals surface area contributed by atoms with Crippen molar-refractivity contribution in [3.8, 4) is 5.75 Å². The van der Waals surface area contributed by atoms with E-state index >= 15 is 0 Å². The van der Waals surface area contributed by atoms with Gasteiger partial charge >= 0.3 is 5.97 Å². The zero-order valence-corrected chi connectivity index (χ0v) is 19.1. The summed E-state index contributed by atoms with van der Waals surface area (Å²) in [6, 6.07) is 12.5. The molecule has 0 spiro atoms. The zero-order chi connectivity index (χ0) is 21.1. The van der Waals surface area contributed by atoms with E-state index < -0.39 is 5.97 Å². The van der Waals surface area contributed by atoms with Gasteiger partial charge in [0.25, 0.3) is 0 Å². The van der Waals surface area contributed by atoms with Crippen LogP contribution in [0.4, 0.5) is 0 Å². The summed E-state index contributed by atoms with van der Waals surface area (Å²) >= 11 is 6.07. The molecular weight excluding hydrogens is 438 g/mol. The van der Waals surface area contributed by atoms with Crippen LogP contribution >= 0.6 is 25.1 Å². The third-order valence-corrected chi connectivity index (χ3v) is 5.96. The van der Waals surface area contributed by atoms with Crippen molar-refractivity contribution < 1.29 is 23.8 Å². The number of nitrogens with zero attached hydrogens (tertiary/aromatic N) is 1. The molecule has 0 saturated carbocycles. The second-order valence-corrected chi connectivity index (χ2v) is 7.98. The summed E-state index contributed by atoms with van der Waals surface area (Å²) in [7, 11) is 1.35. The average Bonchev–Trinajstić information content (AvgIpc) is 2.98. The summed E-state index contributed by atoms with van der Waals surface area (Å²) in [5.74, 6) is 0.213. The van der Waals surface area contributed by atoms with Gasteiger partial charge in [-0.1, -0.05) is 29.8 Å². The van der Waals surface area contributed by atoms with Crippen molar-refractivity contribution in [3.63, 3.8) is 0 Å². The molecule has 2 aromatic carbocycles. The summed E-state index contributed by atoms with van der Waals surface area (Å²) < 4.78 is 16.3. The Hall–Kier alpha value is -2.22. The molecule has 2 aliphatic rings. The Morgan fingerprint density at radius 2 is 1.81 bits per heavy atom. The molecule has 1 saturated heterocycles. The van der Waals surface area contributed by atoms with Crippen molar-refractivity contribution in [3.05, 3.63) is 64.2 Å². The van der Waals surface area contributed by atoms with Crippen molar-refractivity contribution in [1.82, 2.24) is 4.90 Å². The molecule has 6 nitrogen and oxygen atoms in total. The molecule has 0 bridgehead atoms. The summed E-state index contributed by atoms with van der Waals surface area (Å²) in [4.78, 5) is 27.3. The lowest BCUT2D eigenvalue weighted by atomic mass is 9.96. The molecule has 166 valence electrons. The van der Waals surface area contributed by atoms with Crippen LogP contribution in [0.1, 0.15) is 40.4 Å². The predicted octanol–water partition coefficient (Wildman–Crippen LogP) is 4.13. The van der Waals surface area contributed by atoms with E-state index in [0.29, 0.717) is 36.1 Å². The van der Waals surface area contributed by atoms with Gasteiger partial charge in [-0.25, -0.2) is 4.79 Å². The van der Waals surface area contributed by atoms with Crippen molar-refractivity contribution in [2.45, 2.75) is 25.4 Å². The van der Waals surface area contributed by atoms with Crippen LogP contribution in [0.3, 0.4) is 0 Å². The molecule has 31 heavy (non-hydrogen) atoms. The summed E-state index contributed by atoms with van der Waals surface area (Å²) in [5.41, 5.74) is 2.24. The molecule has 1 amide bonds. The molecule has 2 heterocycles. The Balaban J connectivity index is 0.00000272. The van der Waals surface area contributed by atoms with Gasteiger partial charge in [-0.15, -0.1) is 0 Å². The molecule has 4 rings (SSSR count). The highest BCUT2D eigenvalue weighted by atomic mass is 35.5. The highest BCUT2D eigenvalue weighted by Gasteiger charge is 2.34. The number of ether oxygens (including phenoxy) is 3. The van der Waals surface area contributed by atoms with E-state index in [1.54, 1.807) is 12.1 Å². The Bertz CT molecular complexity index is 930. The van der Waals surface area contributed by atoms with Gasteiger partial charge in [0.2, 0.25) is 5.91 Å². The minimum absolute atomic E-state index is 0. The zero-order valence-electron chi connectivity index (χ0n) is 17.3. The molecule has 0 unspecified atom stereocenters. The summed E-state index contributed by atoms with van der Waals surface area (Å²) in [6.07, 6.45) is 1.44. The molecule has 0 N–H and O–H groups in total. The normalized spacial score (nSPS) is 18.8. The number of rotatable bonds is 3. The minimum Gasteiger partial charge on any atom is -0.491 e. The van der Waals surface area contributed by atoms with Crippen molar-refractivity contribution >= 4 is 37.0 Å². The maximum atomic E-state index is 13.5. The van der Waals surface area contributed by atoms with Gasteiger partial charge in [-0.2, -0.15) is 13.5 Å². The molecule has 0 radical (unpaired) electrons. The number of halogens is 1. The van der Waals surface area contributed by atoms with Crippen LogP contribution in [0.2, 0.25) is 5.02 Å². The molecule has 1 fully saturated rings. The highest BCUT2D eigenvalue weighted by Crippen LogP contribution is 2.35. The number of methoxy groups -OCH3 is 1. The van der Waals surface area contributed by atoms with E-state index in [9.17, 15) is 9.59 Å². The van der Waals surface area contributed by atoms with Gasteiger partial charge in [0.15, 0.2) is 0 Å². The molecular formula is C23H26ClNO5S. The number of hydrogen-bond donors (Lipinski definition) is 0. The highest BCUT2D eigenvalue weighted by molar-refractivity contribution is 7.59. The molecule has 1 atom stereocenters.